The Balaban J connectivity index is 0.00000126. The molecule has 0 radical (unpaired) electrons. The fraction of sp³-hybridized carbons (Fsp3) is 0.308. The summed E-state index contributed by atoms with van der Waals surface area (Å²) in [5.74, 6) is 0. The van der Waals surface area contributed by atoms with Gasteiger partial charge < -0.3 is 4.57 Å². The molecule has 27 heavy (non-hydrogen) atoms. The van der Waals surface area contributed by atoms with Crippen LogP contribution in [0.25, 0.3) is 30.4 Å². The molecular weight excluding hydrogens is 326 g/mol. The van der Waals surface area contributed by atoms with Gasteiger partial charge in [0.1, 0.15) is 0 Å². The van der Waals surface area contributed by atoms with E-state index in [2.05, 4.69) is 101 Å². The first-order valence-corrected chi connectivity index (χ1v) is 9.86. The summed E-state index contributed by atoms with van der Waals surface area (Å²) in [7, 11) is 2.12. The molecular formula is C26H33N. The van der Waals surface area contributed by atoms with Crippen molar-refractivity contribution in [3.63, 3.8) is 0 Å². The number of fused-ring (bicyclic) bond motifs is 2. The van der Waals surface area contributed by atoms with Crippen LogP contribution in [-0.4, -0.2) is 4.57 Å². The third-order valence-electron chi connectivity index (χ3n) is 5.49. The number of benzene rings is 1. The molecule has 3 rings (SSSR count). The second-order valence-electron chi connectivity index (χ2n) is 7.23. The van der Waals surface area contributed by atoms with E-state index in [0.29, 0.717) is 0 Å². The molecule has 0 amide bonds. The fourth-order valence-electron chi connectivity index (χ4n) is 3.70. The Morgan fingerprint density at radius 2 is 1.74 bits per heavy atom. The number of hydrogen-bond donors (Lipinski definition) is 0. The van der Waals surface area contributed by atoms with Crippen LogP contribution < -0.4 is 0 Å². The summed E-state index contributed by atoms with van der Waals surface area (Å²) in [6.07, 6.45) is 13.1. The lowest BCUT2D eigenvalue weighted by atomic mass is 9.76. The largest absolute Gasteiger partial charge is 0.344 e. The van der Waals surface area contributed by atoms with Crippen LogP contribution in [0.1, 0.15) is 75.2 Å². The third-order valence-corrected chi connectivity index (χ3v) is 5.49. The van der Waals surface area contributed by atoms with Crippen molar-refractivity contribution in [3.8, 4) is 0 Å². The molecule has 1 heterocycles. The zero-order valence-electron chi connectivity index (χ0n) is 17.9. The Bertz CT molecular complexity index is 914. The van der Waals surface area contributed by atoms with Gasteiger partial charge in [0.25, 0.3) is 0 Å². The van der Waals surface area contributed by atoms with Crippen molar-refractivity contribution in [3.05, 3.63) is 76.1 Å². The first kappa shape index (κ1) is 20.8. The molecule has 1 heteroatoms. The summed E-state index contributed by atoms with van der Waals surface area (Å²) in [5, 5.41) is 0. The molecule has 1 aliphatic rings. The van der Waals surface area contributed by atoms with Gasteiger partial charge in [-0.2, -0.15) is 0 Å². The summed E-state index contributed by atoms with van der Waals surface area (Å²) in [5.41, 5.74) is 8.85. The fourth-order valence-corrected chi connectivity index (χ4v) is 3.70. The summed E-state index contributed by atoms with van der Waals surface area (Å²) >= 11 is 0. The Morgan fingerprint density at radius 3 is 2.37 bits per heavy atom. The van der Waals surface area contributed by atoms with Crippen molar-refractivity contribution >= 4 is 30.4 Å². The number of allylic oxidation sites excluding steroid dienone is 2. The summed E-state index contributed by atoms with van der Waals surface area (Å²) in [6, 6.07) is 8.70. The van der Waals surface area contributed by atoms with E-state index in [4.69, 9.17) is 0 Å². The van der Waals surface area contributed by atoms with E-state index < -0.39 is 0 Å². The maximum absolute atomic E-state index is 4.03. The second kappa shape index (κ2) is 8.43. The minimum absolute atomic E-state index is 0.0279. The highest BCUT2D eigenvalue weighted by Gasteiger charge is 2.27. The number of rotatable bonds is 2. The molecule has 0 saturated heterocycles. The van der Waals surface area contributed by atoms with Crippen LogP contribution in [0.5, 0.6) is 0 Å². The summed E-state index contributed by atoms with van der Waals surface area (Å²) in [6.45, 7) is 17.0. The van der Waals surface area contributed by atoms with E-state index in [1.165, 1.54) is 33.5 Å². The minimum Gasteiger partial charge on any atom is -0.344 e. The average molecular weight is 360 g/mol. The van der Waals surface area contributed by atoms with E-state index in [1.54, 1.807) is 0 Å². The van der Waals surface area contributed by atoms with Crippen LogP contribution in [0.2, 0.25) is 0 Å². The Hall–Kier alpha value is -2.54. The minimum atomic E-state index is -0.0279. The van der Waals surface area contributed by atoms with Crippen molar-refractivity contribution in [2.24, 2.45) is 7.05 Å². The SMILES string of the molecule is C=Cc1c(/C=C\C)c2c(n1C)C=Cc1ccccc1C(C)(C)/C(C)=C/2.CC. The molecule has 0 unspecified atom stereocenters. The summed E-state index contributed by atoms with van der Waals surface area (Å²) < 4.78 is 2.24. The average Bonchev–Trinajstić information content (AvgIpc) is 2.93. The van der Waals surface area contributed by atoms with Crippen molar-refractivity contribution in [1.29, 1.82) is 0 Å². The van der Waals surface area contributed by atoms with Gasteiger partial charge >= 0.3 is 0 Å². The molecule has 1 aromatic carbocycles. The lowest BCUT2D eigenvalue weighted by molar-refractivity contribution is 0.627. The van der Waals surface area contributed by atoms with E-state index in [9.17, 15) is 0 Å². The van der Waals surface area contributed by atoms with Crippen LogP contribution in [0.15, 0.2) is 42.5 Å². The van der Waals surface area contributed by atoms with Crippen molar-refractivity contribution in [2.45, 2.75) is 47.0 Å². The van der Waals surface area contributed by atoms with Gasteiger partial charge in [-0.1, -0.05) is 88.4 Å². The van der Waals surface area contributed by atoms with E-state index in [1.807, 2.05) is 19.9 Å². The zero-order valence-corrected chi connectivity index (χ0v) is 17.9. The normalized spacial score (nSPS) is 16.8. The molecule has 1 aliphatic carbocycles. The molecule has 0 spiro atoms. The van der Waals surface area contributed by atoms with Gasteiger partial charge in [-0.05, 0) is 37.1 Å². The lowest BCUT2D eigenvalue weighted by Crippen LogP contribution is -2.19. The molecule has 0 bridgehead atoms. The highest BCUT2D eigenvalue weighted by atomic mass is 15.0. The topological polar surface area (TPSA) is 4.93 Å². The van der Waals surface area contributed by atoms with Gasteiger partial charge in [0.05, 0.1) is 0 Å². The highest BCUT2D eigenvalue weighted by molar-refractivity contribution is 5.85. The van der Waals surface area contributed by atoms with Gasteiger partial charge in [0.15, 0.2) is 0 Å². The maximum atomic E-state index is 4.03. The first-order valence-electron chi connectivity index (χ1n) is 9.86. The predicted octanol–water partition coefficient (Wildman–Crippen LogP) is 7.59. The molecule has 0 N–H and O–H groups in total. The van der Waals surface area contributed by atoms with Crippen LogP contribution in [0.3, 0.4) is 0 Å². The molecule has 0 atom stereocenters. The van der Waals surface area contributed by atoms with E-state index in [0.717, 1.165) is 5.69 Å². The second-order valence-corrected chi connectivity index (χ2v) is 7.23. The Morgan fingerprint density at radius 1 is 1.07 bits per heavy atom. The molecule has 0 saturated carbocycles. The van der Waals surface area contributed by atoms with Gasteiger partial charge in [0, 0.05) is 35.0 Å². The van der Waals surface area contributed by atoms with Crippen molar-refractivity contribution in [1.82, 2.24) is 4.57 Å². The van der Waals surface area contributed by atoms with Gasteiger partial charge in [0.2, 0.25) is 0 Å². The van der Waals surface area contributed by atoms with E-state index in [-0.39, 0.29) is 5.41 Å². The van der Waals surface area contributed by atoms with Crippen LogP contribution in [0, 0.1) is 0 Å². The number of hydrogen-bond acceptors (Lipinski definition) is 0. The first-order chi connectivity index (χ1) is 12.9. The molecule has 1 nitrogen and oxygen atoms in total. The number of nitrogens with zero attached hydrogens (tertiary/aromatic N) is 1. The summed E-state index contributed by atoms with van der Waals surface area (Å²) in [4.78, 5) is 0. The quantitative estimate of drug-likeness (QED) is 0.520. The van der Waals surface area contributed by atoms with Crippen LogP contribution >= 0.6 is 0 Å². The molecule has 2 aromatic rings. The van der Waals surface area contributed by atoms with E-state index >= 15 is 0 Å². The lowest BCUT2D eigenvalue weighted by Gasteiger charge is -2.28. The highest BCUT2D eigenvalue weighted by Crippen LogP contribution is 2.39. The predicted molar refractivity (Wildman–Crippen MR) is 124 cm³/mol. The standard InChI is InChI=1S/C24H27N.C2H6/c1-7-11-19-20-16-17(3)24(4,5)21-13-10-9-12-18(21)14-15-23(20)25(6)22(19)8-2;1-2/h7-16H,2H2,1,3-6H3;1-2H3/b11-7-,15-14?,17-16+;. The van der Waals surface area contributed by atoms with Gasteiger partial charge in [-0.25, -0.2) is 0 Å². The molecule has 1 aromatic heterocycles. The number of aromatic nitrogens is 1. The Kier molecular flexibility index (Phi) is 6.49. The third kappa shape index (κ3) is 3.64. The Labute approximate surface area is 165 Å². The molecule has 0 fully saturated rings. The monoisotopic (exact) mass is 359 g/mol. The maximum Gasteiger partial charge on any atom is 0.0488 e. The van der Waals surface area contributed by atoms with Crippen LogP contribution in [-0.2, 0) is 12.5 Å². The van der Waals surface area contributed by atoms with Gasteiger partial charge in [-0.15, -0.1) is 0 Å². The zero-order chi connectivity index (χ0) is 20.2. The smallest absolute Gasteiger partial charge is 0.0488 e. The molecule has 0 aliphatic heterocycles. The van der Waals surface area contributed by atoms with Gasteiger partial charge in [-0.3, -0.25) is 0 Å². The molecule has 142 valence electrons. The van der Waals surface area contributed by atoms with Crippen molar-refractivity contribution < 1.29 is 0 Å². The van der Waals surface area contributed by atoms with Crippen molar-refractivity contribution in [2.75, 3.05) is 0 Å². The van der Waals surface area contributed by atoms with Crippen LogP contribution in [0.4, 0.5) is 0 Å².